The van der Waals surface area contributed by atoms with Crippen molar-refractivity contribution in [3.63, 3.8) is 0 Å². The van der Waals surface area contributed by atoms with Gasteiger partial charge in [-0.3, -0.25) is 4.99 Å². The Labute approximate surface area is 80.4 Å². The van der Waals surface area contributed by atoms with E-state index in [1.165, 1.54) is 0 Å². The molecule has 0 saturated carbocycles. The van der Waals surface area contributed by atoms with E-state index in [4.69, 9.17) is 5.73 Å². The standard InChI is InChI=1S/C9H20N4/c1-3-4-11-9(10)13-7-5-12(2)6-8-13/h3-8H2,1-2H3,(H2,10,11). The lowest BCUT2D eigenvalue weighted by Crippen LogP contribution is -2.49. The first-order chi connectivity index (χ1) is 6.24. The number of likely N-dealkylation sites (N-methyl/N-ethyl adjacent to an activating group) is 1. The number of guanidine groups is 1. The quantitative estimate of drug-likeness (QED) is 0.484. The van der Waals surface area contributed by atoms with E-state index < -0.39 is 0 Å². The second-order valence-corrected chi connectivity index (χ2v) is 3.53. The Bertz CT molecular complexity index is 170. The third-order valence-electron chi connectivity index (χ3n) is 2.32. The number of aliphatic imine (C=N–C) groups is 1. The highest BCUT2D eigenvalue weighted by Gasteiger charge is 2.14. The van der Waals surface area contributed by atoms with Crippen molar-refractivity contribution in [2.45, 2.75) is 13.3 Å². The van der Waals surface area contributed by atoms with Crippen molar-refractivity contribution in [3.8, 4) is 0 Å². The Morgan fingerprint density at radius 2 is 1.92 bits per heavy atom. The third kappa shape index (κ3) is 3.22. The minimum absolute atomic E-state index is 0.718. The Morgan fingerprint density at radius 3 is 2.46 bits per heavy atom. The summed E-state index contributed by atoms with van der Waals surface area (Å²) in [5.74, 6) is 0.718. The smallest absolute Gasteiger partial charge is 0.191 e. The average Bonchev–Trinajstić information content (AvgIpc) is 2.15. The minimum atomic E-state index is 0.718. The Morgan fingerprint density at radius 1 is 1.31 bits per heavy atom. The minimum Gasteiger partial charge on any atom is -0.370 e. The molecule has 2 N–H and O–H groups in total. The molecule has 0 radical (unpaired) electrons. The van der Waals surface area contributed by atoms with Gasteiger partial charge in [0, 0.05) is 32.7 Å². The Kier molecular flexibility index (Phi) is 4.02. The molecular formula is C9H20N4. The summed E-state index contributed by atoms with van der Waals surface area (Å²) in [5.41, 5.74) is 5.84. The molecule has 0 atom stereocenters. The van der Waals surface area contributed by atoms with E-state index in [-0.39, 0.29) is 0 Å². The molecule has 13 heavy (non-hydrogen) atoms. The SMILES string of the molecule is CCCN=C(N)N1CCN(C)CC1. The number of rotatable bonds is 2. The zero-order chi connectivity index (χ0) is 9.68. The topological polar surface area (TPSA) is 44.9 Å². The predicted octanol–water partition coefficient (Wildman–Crippen LogP) is -0.0415. The molecule has 1 aliphatic rings. The molecule has 1 rings (SSSR count). The molecule has 0 unspecified atom stereocenters. The molecule has 0 aromatic rings. The van der Waals surface area contributed by atoms with Crippen molar-refractivity contribution < 1.29 is 0 Å². The van der Waals surface area contributed by atoms with Gasteiger partial charge < -0.3 is 15.5 Å². The van der Waals surface area contributed by atoms with Crippen LogP contribution in [0, 0.1) is 0 Å². The van der Waals surface area contributed by atoms with Crippen LogP contribution in [0.3, 0.4) is 0 Å². The van der Waals surface area contributed by atoms with Crippen LogP contribution >= 0.6 is 0 Å². The number of nitrogens with two attached hydrogens (primary N) is 1. The fourth-order valence-corrected chi connectivity index (χ4v) is 1.36. The molecule has 0 aromatic heterocycles. The number of hydrogen-bond acceptors (Lipinski definition) is 2. The first kappa shape index (κ1) is 10.3. The van der Waals surface area contributed by atoms with E-state index in [0.717, 1.165) is 45.1 Å². The maximum absolute atomic E-state index is 5.84. The molecule has 1 saturated heterocycles. The summed E-state index contributed by atoms with van der Waals surface area (Å²) in [7, 11) is 2.14. The van der Waals surface area contributed by atoms with Crippen LogP contribution in [-0.4, -0.2) is 55.5 Å². The van der Waals surface area contributed by atoms with Crippen molar-refractivity contribution in [2.75, 3.05) is 39.8 Å². The van der Waals surface area contributed by atoms with Crippen LogP contribution in [0.4, 0.5) is 0 Å². The lowest BCUT2D eigenvalue weighted by molar-refractivity contribution is 0.214. The van der Waals surface area contributed by atoms with Crippen LogP contribution < -0.4 is 5.73 Å². The number of piperazine rings is 1. The van der Waals surface area contributed by atoms with Gasteiger partial charge in [0.2, 0.25) is 0 Å². The van der Waals surface area contributed by atoms with Gasteiger partial charge >= 0.3 is 0 Å². The monoisotopic (exact) mass is 184 g/mol. The maximum atomic E-state index is 5.84. The molecule has 0 spiro atoms. The van der Waals surface area contributed by atoms with Gasteiger partial charge in [0.15, 0.2) is 5.96 Å². The highest BCUT2D eigenvalue weighted by molar-refractivity contribution is 5.78. The van der Waals surface area contributed by atoms with Gasteiger partial charge in [-0.2, -0.15) is 0 Å². The largest absolute Gasteiger partial charge is 0.370 e. The van der Waals surface area contributed by atoms with Crippen LogP contribution in [0.5, 0.6) is 0 Å². The van der Waals surface area contributed by atoms with E-state index >= 15 is 0 Å². The zero-order valence-electron chi connectivity index (χ0n) is 8.66. The first-order valence-corrected chi connectivity index (χ1v) is 4.97. The van der Waals surface area contributed by atoms with E-state index in [9.17, 15) is 0 Å². The molecule has 0 aromatic carbocycles. The number of hydrogen-bond donors (Lipinski definition) is 1. The van der Waals surface area contributed by atoms with Crippen LogP contribution in [0.1, 0.15) is 13.3 Å². The lowest BCUT2D eigenvalue weighted by Gasteiger charge is -2.33. The first-order valence-electron chi connectivity index (χ1n) is 4.97. The van der Waals surface area contributed by atoms with Crippen molar-refractivity contribution in [3.05, 3.63) is 0 Å². The maximum Gasteiger partial charge on any atom is 0.191 e. The van der Waals surface area contributed by atoms with Gasteiger partial charge in [-0.1, -0.05) is 6.92 Å². The van der Waals surface area contributed by atoms with Gasteiger partial charge in [0.1, 0.15) is 0 Å². The zero-order valence-corrected chi connectivity index (χ0v) is 8.66. The van der Waals surface area contributed by atoms with Crippen LogP contribution in [0.2, 0.25) is 0 Å². The van der Waals surface area contributed by atoms with Crippen molar-refractivity contribution in [1.82, 2.24) is 9.80 Å². The Balaban J connectivity index is 2.35. The van der Waals surface area contributed by atoms with Gasteiger partial charge in [0.25, 0.3) is 0 Å². The molecule has 1 fully saturated rings. The molecule has 4 nitrogen and oxygen atoms in total. The van der Waals surface area contributed by atoms with E-state index in [1.807, 2.05) is 0 Å². The number of nitrogens with zero attached hydrogens (tertiary/aromatic N) is 3. The van der Waals surface area contributed by atoms with Gasteiger partial charge in [-0.25, -0.2) is 0 Å². The van der Waals surface area contributed by atoms with Gasteiger partial charge in [-0.05, 0) is 13.5 Å². The summed E-state index contributed by atoms with van der Waals surface area (Å²) in [5, 5.41) is 0. The summed E-state index contributed by atoms with van der Waals surface area (Å²) in [6.45, 7) is 7.15. The van der Waals surface area contributed by atoms with Gasteiger partial charge in [-0.15, -0.1) is 0 Å². The summed E-state index contributed by atoms with van der Waals surface area (Å²) in [6, 6.07) is 0. The molecule has 1 aliphatic heterocycles. The van der Waals surface area contributed by atoms with Crippen molar-refractivity contribution in [1.29, 1.82) is 0 Å². The highest BCUT2D eigenvalue weighted by Crippen LogP contribution is 1.98. The average molecular weight is 184 g/mol. The predicted molar refractivity (Wildman–Crippen MR) is 55.9 cm³/mol. The van der Waals surface area contributed by atoms with Gasteiger partial charge in [0.05, 0.1) is 0 Å². The highest BCUT2D eigenvalue weighted by atomic mass is 15.3. The third-order valence-corrected chi connectivity index (χ3v) is 2.32. The normalized spacial score (nSPS) is 20.8. The molecular weight excluding hydrogens is 164 g/mol. The van der Waals surface area contributed by atoms with E-state index in [1.54, 1.807) is 0 Å². The van der Waals surface area contributed by atoms with Crippen LogP contribution in [-0.2, 0) is 0 Å². The van der Waals surface area contributed by atoms with Crippen LogP contribution in [0.15, 0.2) is 4.99 Å². The molecule has 0 bridgehead atoms. The second-order valence-electron chi connectivity index (χ2n) is 3.53. The van der Waals surface area contributed by atoms with E-state index in [0.29, 0.717) is 0 Å². The Hall–Kier alpha value is -0.770. The fourth-order valence-electron chi connectivity index (χ4n) is 1.36. The summed E-state index contributed by atoms with van der Waals surface area (Å²) in [4.78, 5) is 8.76. The molecule has 76 valence electrons. The molecule has 1 heterocycles. The molecule has 0 aliphatic carbocycles. The molecule has 4 heteroatoms. The summed E-state index contributed by atoms with van der Waals surface area (Å²) in [6.07, 6.45) is 1.06. The lowest BCUT2D eigenvalue weighted by atomic mass is 10.3. The van der Waals surface area contributed by atoms with Crippen LogP contribution in [0.25, 0.3) is 0 Å². The van der Waals surface area contributed by atoms with E-state index in [2.05, 4.69) is 28.8 Å². The van der Waals surface area contributed by atoms with Crippen molar-refractivity contribution >= 4 is 5.96 Å². The molecule has 0 amide bonds. The summed E-state index contributed by atoms with van der Waals surface area (Å²) >= 11 is 0. The second kappa shape index (κ2) is 5.07. The summed E-state index contributed by atoms with van der Waals surface area (Å²) < 4.78 is 0. The fraction of sp³-hybridized carbons (Fsp3) is 0.889. The van der Waals surface area contributed by atoms with Crippen molar-refractivity contribution in [2.24, 2.45) is 10.7 Å².